The SMILES string of the molecule is CCN(C)C(CO)c1ccc(OC)cc1. The van der Waals surface area contributed by atoms with Gasteiger partial charge in [0, 0.05) is 0 Å². The van der Waals surface area contributed by atoms with Gasteiger partial charge >= 0.3 is 0 Å². The Balaban J connectivity index is 2.83. The fourth-order valence-electron chi connectivity index (χ4n) is 1.55. The third kappa shape index (κ3) is 2.94. The minimum Gasteiger partial charge on any atom is -0.497 e. The van der Waals surface area contributed by atoms with E-state index in [1.807, 2.05) is 31.3 Å². The molecule has 1 unspecified atom stereocenters. The molecule has 0 aliphatic heterocycles. The molecule has 1 rings (SSSR count). The van der Waals surface area contributed by atoms with Crippen LogP contribution in [0.4, 0.5) is 0 Å². The second-order valence-corrected chi connectivity index (χ2v) is 3.54. The van der Waals surface area contributed by atoms with Crippen molar-refractivity contribution in [2.24, 2.45) is 0 Å². The van der Waals surface area contributed by atoms with Crippen LogP contribution in [0.5, 0.6) is 5.75 Å². The van der Waals surface area contributed by atoms with E-state index in [-0.39, 0.29) is 12.6 Å². The van der Waals surface area contributed by atoms with Crippen LogP contribution >= 0.6 is 0 Å². The summed E-state index contributed by atoms with van der Waals surface area (Å²) in [6, 6.07) is 7.89. The Morgan fingerprint density at radius 3 is 2.33 bits per heavy atom. The highest BCUT2D eigenvalue weighted by Gasteiger charge is 2.14. The summed E-state index contributed by atoms with van der Waals surface area (Å²) in [6.07, 6.45) is 0. The van der Waals surface area contributed by atoms with E-state index in [2.05, 4.69) is 11.8 Å². The predicted octanol–water partition coefficient (Wildman–Crippen LogP) is 1.68. The largest absolute Gasteiger partial charge is 0.497 e. The normalized spacial score (nSPS) is 12.9. The number of ether oxygens (including phenoxy) is 1. The standard InChI is InChI=1S/C12H19NO2/c1-4-13(2)12(9-14)10-5-7-11(15-3)8-6-10/h5-8,12,14H,4,9H2,1-3H3. The summed E-state index contributed by atoms with van der Waals surface area (Å²) in [4.78, 5) is 2.11. The molecular formula is C12H19NO2. The Morgan fingerprint density at radius 2 is 1.93 bits per heavy atom. The minimum atomic E-state index is 0.0703. The number of rotatable bonds is 5. The Morgan fingerprint density at radius 1 is 1.33 bits per heavy atom. The van der Waals surface area contributed by atoms with E-state index >= 15 is 0 Å². The van der Waals surface area contributed by atoms with Crippen LogP contribution in [-0.4, -0.2) is 37.3 Å². The lowest BCUT2D eigenvalue weighted by Gasteiger charge is -2.25. The van der Waals surface area contributed by atoms with E-state index in [0.717, 1.165) is 17.9 Å². The van der Waals surface area contributed by atoms with Gasteiger partial charge in [-0.3, -0.25) is 4.90 Å². The summed E-state index contributed by atoms with van der Waals surface area (Å²) >= 11 is 0. The van der Waals surface area contributed by atoms with Crippen LogP contribution in [0.2, 0.25) is 0 Å². The maximum atomic E-state index is 9.33. The van der Waals surface area contributed by atoms with Crippen LogP contribution < -0.4 is 4.74 Å². The number of likely N-dealkylation sites (N-methyl/N-ethyl adjacent to an activating group) is 1. The van der Waals surface area contributed by atoms with Gasteiger partial charge in [0.1, 0.15) is 5.75 Å². The average molecular weight is 209 g/mol. The fourth-order valence-corrected chi connectivity index (χ4v) is 1.55. The van der Waals surface area contributed by atoms with Crippen molar-refractivity contribution in [3.8, 4) is 5.75 Å². The molecule has 3 nitrogen and oxygen atoms in total. The lowest BCUT2D eigenvalue weighted by Crippen LogP contribution is -2.26. The Hall–Kier alpha value is -1.06. The molecule has 0 saturated carbocycles. The zero-order chi connectivity index (χ0) is 11.3. The summed E-state index contributed by atoms with van der Waals surface area (Å²) < 4.78 is 5.09. The first kappa shape index (κ1) is 12.0. The van der Waals surface area contributed by atoms with Crippen LogP contribution in [0, 0.1) is 0 Å². The third-order valence-electron chi connectivity index (χ3n) is 2.70. The smallest absolute Gasteiger partial charge is 0.118 e. The molecule has 3 heteroatoms. The lowest BCUT2D eigenvalue weighted by atomic mass is 10.1. The summed E-state index contributed by atoms with van der Waals surface area (Å²) in [5.74, 6) is 0.842. The van der Waals surface area contributed by atoms with Gasteiger partial charge in [0.15, 0.2) is 0 Å². The molecule has 0 aliphatic carbocycles. The lowest BCUT2D eigenvalue weighted by molar-refractivity contribution is 0.153. The second-order valence-electron chi connectivity index (χ2n) is 3.54. The molecule has 15 heavy (non-hydrogen) atoms. The second kappa shape index (κ2) is 5.73. The molecule has 1 aromatic carbocycles. The van der Waals surface area contributed by atoms with Crippen LogP contribution in [0.3, 0.4) is 0 Å². The van der Waals surface area contributed by atoms with Gasteiger partial charge in [0.05, 0.1) is 19.8 Å². The van der Waals surface area contributed by atoms with E-state index in [0.29, 0.717) is 0 Å². The maximum Gasteiger partial charge on any atom is 0.118 e. The van der Waals surface area contributed by atoms with Crippen molar-refractivity contribution in [2.75, 3.05) is 27.3 Å². The molecule has 0 aliphatic rings. The molecule has 0 fully saturated rings. The van der Waals surface area contributed by atoms with Gasteiger partial charge < -0.3 is 9.84 Å². The van der Waals surface area contributed by atoms with Crippen molar-refractivity contribution in [3.05, 3.63) is 29.8 Å². The maximum absolute atomic E-state index is 9.33. The van der Waals surface area contributed by atoms with Gasteiger partial charge in [-0.2, -0.15) is 0 Å². The van der Waals surface area contributed by atoms with Crippen molar-refractivity contribution in [2.45, 2.75) is 13.0 Å². The molecule has 1 N–H and O–H groups in total. The highest BCUT2D eigenvalue weighted by Crippen LogP contribution is 2.21. The molecular weight excluding hydrogens is 190 g/mol. The molecule has 0 spiro atoms. The first-order valence-corrected chi connectivity index (χ1v) is 5.18. The summed E-state index contributed by atoms with van der Waals surface area (Å²) in [5, 5.41) is 9.33. The van der Waals surface area contributed by atoms with Crippen LogP contribution in [0.1, 0.15) is 18.5 Å². The fraction of sp³-hybridized carbons (Fsp3) is 0.500. The topological polar surface area (TPSA) is 32.7 Å². The van der Waals surface area contributed by atoms with Crippen molar-refractivity contribution >= 4 is 0 Å². The van der Waals surface area contributed by atoms with E-state index in [4.69, 9.17) is 4.74 Å². The van der Waals surface area contributed by atoms with Gasteiger partial charge in [-0.05, 0) is 31.3 Å². The van der Waals surface area contributed by atoms with Gasteiger partial charge in [-0.15, -0.1) is 0 Å². The summed E-state index contributed by atoms with van der Waals surface area (Å²) in [6.45, 7) is 3.13. The van der Waals surface area contributed by atoms with Crippen molar-refractivity contribution < 1.29 is 9.84 Å². The van der Waals surface area contributed by atoms with E-state index in [9.17, 15) is 5.11 Å². The summed E-state index contributed by atoms with van der Waals surface area (Å²) in [5.41, 5.74) is 1.11. The molecule has 0 bridgehead atoms. The van der Waals surface area contributed by atoms with E-state index in [1.54, 1.807) is 7.11 Å². The number of nitrogens with zero attached hydrogens (tertiary/aromatic N) is 1. The zero-order valence-corrected chi connectivity index (χ0v) is 9.60. The minimum absolute atomic E-state index is 0.0703. The molecule has 0 heterocycles. The van der Waals surface area contributed by atoms with Gasteiger partial charge in [0.25, 0.3) is 0 Å². The van der Waals surface area contributed by atoms with E-state index < -0.39 is 0 Å². The molecule has 84 valence electrons. The third-order valence-corrected chi connectivity index (χ3v) is 2.70. The predicted molar refractivity (Wildman–Crippen MR) is 61.1 cm³/mol. The van der Waals surface area contributed by atoms with Crippen LogP contribution in [0.15, 0.2) is 24.3 Å². The van der Waals surface area contributed by atoms with Gasteiger partial charge in [-0.25, -0.2) is 0 Å². The molecule has 0 aromatic heterocycles. The Bertz CT molecular complexity index is 284. The van der Waals surface area contributed by atoms with Crippen molar-refractivity contribution in [1.82, 2.24) is 4.90 Å². The number of methoxy groups -OCH3 is 1. The molecule has 0 radical (unpaired) electrons. The van der Waals surface area contributed by atoms with Gasteiger partial charge in [-0.1, -0.05) is 19.1 Å². The monoisotopic (exact) mass is 209 g/mol. The first-order valence-electron chi connectivity index (χ1n) is 5.18. The number of hydrogen-bond acceptors (Lipinski definition) is 3. The molecule has 1 atom stereocenters. The molecule has 1 aromatic rings. The number of aliphatic hydroxyl groups excluding tert-OH is 1. The van der Waals surface area contributed by atoms with Crippen LogP contribution in [0.25, 0.3) is 0 Å². The Labute approximate surface area is 91.3 Å². The van der Waals surface area contributed by atoms with E-state index in [1.165, 1.54) is 0 Å². The number of benzene rings is 1. The van der Waals surface area contributed by atoms with Crippen LogP contribution in [-0.2, 0) is 0 Å². The summed E-state index contributed by atoms with van der Waals surface area (Å²) in [7, 11) is 3.65. The molecule has 0 saturated heterocycles. The van der Waals surface area contributed by atoms with Gasteiger partial charge in [0.2, 0.25) is 0 Å². The first-order chi connectivity index (χ1) is 7.22. The average Bonchev–Trinajstić information content (AvgIpc) is 2.30. The van der Waals surface area contributed by atoms with Crippen molar-refractivity contribution in [1.29, 1.82) is 0 Å². The Kier molecular flexibility index (Phi) is 4.59. The number of hydrogen-bond donors (Lipinski definition) is 1. The highest BCUT2D eigenvalue weighted by molar-refractivity contribution is 5.29. The molecule has 0 amide bonds. The quantitative estimate of drug-likeness (QED) is 0.801. The zero-order valence-electron chi connectivity index (χ0n) is 9.60. The number of aliphatic hydroxyl groups is 1. The van der Waals surface area contributed by atoms with Crippen molar-refractivity contribution in [3.63, 3.8) is 0 Å². The highest BCUT2D eigenvalue weighted by atomic mass is 16.5.